The molecular weight excluding hydrogens is 266 g/mol. The molecule has 1 aromatic rings. The zero-order chi connectivity index (χ0) is 13.9. The third-order valence-corrected chi connectivity index (χ3v) is 3.84. The van der Waals surface area contributed by atoms with Crippen molar-refractivity contribution in [3.8, 4) is 11.5 Å². The van der Waals surface area contributed by atoms with E-state index < -0.39 is 0 Å². The Hall–Kier alpha value is -1.42. The van der Waals surface area contributed by atoms with Gasteiger partial charge in [0.15, 0.2) is 0 Å². The topological polar surface area (TPSA) is 58.6 Å². The van der Waals surface area contributed by atoms with Crippen molar-refractivity contribution in [2.75, 3.05) is 19.5 Å². The maximum atomic E-state index is 12.1. The summed E-state index contributed by atoms with van der Waals surface area (Å²) < 4.78 is 5.05. The summed E-state index contributed by atoms with van der Waals surface area (Å²) in [5.74, 6) is 0.836. The van der Waals surface area contributed by atoms with E-state index in [1.807, 2.05) is 0 Å². The Bertz CT molecular complexity index is 472. The Morgan fingerprint density at radius 2 is 2.26 bits per heavy atom. The number of amides is 1. The van der Waals surface area contributed by atoms with Gasteiger partial charge in [-0.2, -0.15) is 0 Å². The monoisotopic (exact) mass is 283 g/mol. The first kappa shape index (κ1) is 14.0. The summed E-state index contributed by atoms with van der Waals surface area (Å²) in [5, 5.41) is 12.6. The fourth-order valence-electron chi connectivity index (χ4n) is 2.08. The summed E-state index contributed by atoms with van der Waals surface area (Å²) in [6.07, 6.45) is 3.12. The van der Waals surface area contributed by atoms with E-state index in [0.29, 0.717) is 18.2 Å². The predicted molar refractivity (Wildman–Crippen MR) is 74.0 cm³/mol. The lowest BCUT2D eigenvalue weighted by Gasteiger charge is -2.15. The lowest BCUT2D eigenvalue weighted by molar-refractivity contribution is 0.0941. The molecule has 1 saturated carbocycles. The molecule has 104 valence electrons. The third-order valence-electron chi connectivity index (χ3n) is 3.65. The van der Waals surface area contributed by atoms with E-state index in [0.717, 1.165) is 19.3 Å². The zero-order valence-corrected chi connectivity index (χ0v) is 11.7. The third kappa shape index (κ3) is 3.32. The molecule has 0 saturated heterocycles. The van der Waals surface area contributed by atoms with Gasteiger partial charge < -0.3 is 15.2 Å². The van der Waals surface area contributed by atoms with Crippen molar-refractivity contribution in [2.45, 2.75) is 19.3 Å². The second kappa shape index (κ2) is 5.70. The van der Waals surface area contributed by atoms with Crippen molar-refractivity contribution in [1.82, 2.24) is 5.32 Å². The lowest BCUT2D eigenvalue weighted by atomic mass is 10.0. The first-order valence-electron chi connectivity index (χ1n) is 6.31. The molecule has 0 bridgehead atoms. The molecule has 1 aromatic carbocycles. The van der Waals surface area contributed by atoms with Crippen molar-refractivity contribution in [2.24, 2.45) is 5.41 Å². The highest BCUT2D eigenvalue weighted by molar-refractivity contribution is 6.17. The van der Waals surface area contributed by atoms with Gasteiger partial charge in [-0.1, -0.05) is 0 Å². The first-order valence-corrected chi connectivity index (χ1v) is 6.85. The number of hydrogen-bond acceptors (Lipinski definition) is 3. The van der Waals surface area contributed by atoms with Gasteiger partial charge in [-0.25, -0.2) is 0 Å². The molecule has 4 nitrogen and oxygen atoms in total. The van der Waals surface area contributed by atoms with Crippen LogP contribution in [-0.2, 0) is 0 Å². The number of aromatic hydroxyl groups is 1. The van der Waals surface area contributed by atoms with E-state index in [2.05, 4.69) is 5.32 Å². The molecule has 0 heterocycles. The molecule has 0 aromatic heterocycles. The highest BCUT2D eigenvalue weighted by atomic mass is 35.5. The number of alkyl halides is 1. The number of methoxy groups -OCH3 is 1. The Morgan fingerprint density at radius 3 is 2.84 bits per heavy atom. The van der Waals surface area contributed by atoms with Gasteiger partial charge in [0.25, 0.3) is 5.91 Å². The minimum atomic E-state index is -0.280. The molecule has 1 amide bonds. The van der Waals surface area contributed by atoms with Gasteiger partial charge in [0.2, 0.25) is 0 Å². The normalized spacial score (nSPS) is 15.9. The van der Waals surface area contributed by atoms with Crippen LogP contribution in [0, 0.1) is 5.41 Å². The molecule has 0 spiro atoms. The average molecular weight is 284 g/mol. The van der Waals surface area contributed by atoms with Crippen molar-refractivity contribution in [3.63, 3.8) is 0 Å². The van der Waals surface area contributed by atoms with E-state index in [1.165, 1.54) is 19.2 Å². The maximum absolute atomic E-state index is 12.1. The molecule has 2 rings (SSSR count). The van der Waals surface area contributed by atoms with Crippen LogP contribution in [0.5, 0.6) is 11.5 Å². The van der Waals surface area contributed by atoms with Gasteiger partial charge in [-0.05, 0) is 42.9 Å². The fourth-order valence-corrected chi connectivity index (χ4v) is 2.48. The minimum Gasteiger partial charge on any atom is -0.507 e. The zero-order valence-electron chi connectivity index (χ0n) is 10.9. The Morgan fingerprint density at radius 1 is 1.53 bits per heavy atom. The second-order valence-corrected chi connectivity index (χ2v) is 5.38. The Balaban J connectivity index is 2.00. The molecular formula is C14H18ClNO3. The van der Waals surface area contributed by atoms with Gasteiger partial charge in [0.1, 0.15) is 11.5 Å². The number of benzene rings is 1. The number of halogens is 1. The largest absolute Gasteiger partial charge is 0.507 e. The van der Waals surface area contributed by atoms with Gasteiger partial charge in [-0.15, -0.1) is 11.6 Å². The van der Waals surface area contributed by atoms with Crippen LogP contribution in [0.2, 0.25) is 0 Å². The lowest BCUT2D eigenvalue weighted by Crippen LogP contribution is -2.30. The summed E-state index contributed by atoms with van der Waals surface area (Å²) >= 11 is 5.75. The minimum absolute atomic E-state index is 0.0412. The molecule has 1 fully saturated rings. The summed E-state index contributed by atoms with van der Waals surface area (Å²) in [7, 11) is 1.52. The molecule has 2 N–H and O–H groups in total. The number of carbonyl (C=O) groups excluding carboxylic acids is 1. The van der Waals surface area contributed by atoms with Crippen LogP contribution < -0.4 is 10.1 Å². The molecule has 0 radical (unpaired) electrons. The number of hydrogen-bond donors (Lipinski definition) is 2. The van der Waals surface area contributed by atoms with E-state index in [-0.39, 0.29) is 22.6 Å². The number of nitrogens with one attached hydrogen (secondary N) is 1. The smallest absolute Gasteiger partial charge is 0.255 e. The van der Waals surface area contributed by atoms with E-state index in [9.17, 15) is 9.90 Å². The molecule has 0 unspecified atom stereocenters. The predicted octanol–water partition coefficient (Wildman–Crippen LogP) is 2.54. The SMILES string of the molecule is COc1ccc(O)c(C(=O)NCC2(CCCl)CC2)c1. The van der Waals surface area contributed by atoms with Crippen LogP contribution >= 0.6 is 11.6 Å². The molecule has 5 heteroatoms. The van der Waals surface area contributed by atoms with Gasteiger partial charge in [0, 0.05) is 12.4 Å². The summed E-state index contributed by atoms with van der Waals surface area (Å²) in [6.45, 7) is 0.606. The van der Waals surface area contributed by atoms with Gasteiger partial charge in [-0.3, -0.25) is 4.79 Å². The van der Waals surface area contributed by atoms with Crippen molar-refractivity contribution in [1.29, 1.82) is 0 Å². The van der Waals surface area contributed by atoms with Gasteiger partial charge >= 0.3 is 0 Å². The molecule has 0 atom stereocenters. The molecule has 1 aliphatic rings. The number of phenols is 1. The number of carbonyl (C=O) groups is 1. The molecule has 0 aliphatic heterocycles. The van der Waals surface area contributed by atoms with Crippen LogP contribution in [-0.4, -0.2) is 30.5 Å². The average Bonchev–Trinajstić information content (AvgIpc) is 3.17. The molecule has 1 aliphatic carbocycles. The maximum Gasteiger partial charge on any atom is 0.255 e. The van der Waals surface area contributed by atoms with Crippen molar-refractivity contribution >= 4 is 17.5 Å². The summed E-state index contributed by atoms with van der Waals surface area (Å²) in [4.78, 5) is 12.1. The standard InChI is InChI=1S/C14H18ClNO3/c1-19-10-2-3-12(17)11(8-10)13(18)16-9-14(4-5-14)6-7-15/h2-3,8,17H,4-7,9H2,1H3,(H,16,18). The number of phenolic OH excluding ortho intramolecular Hbond substituents is 1. The Kier molecular flexibility index (Phi) is 4.20. The van der Waals surface area contributed by atoms with Crippen molar-refractivity contribution < 1.29 is 14.6 Å². The van der Waals surface area contributed by atoms with Crippen molar-refractivity contribution in [3.05, 3.63) is 23.8 Å². The van der Waals surface area contributed by atoms with Gasteiger partial charge in [0.05, 0.1) is 12.7 Å². The highest BCUT2D eigenvalue weighted by Gasteiger charge is 2.41. The Labute approximate surface area is 117 Å². The van der Waals surface area contributed by atoms with E-state index in [4.69, 9.17) is 16.3 Å². The van der Waals surface area contributed by atoms with Crippen LogP contribution in [0.4, 0.5) is 0 Å². The van der Waals surface area contributed by atoms with Crippen LogP contribution in [0.3, 0.4) is 0 Å². The highest BCUT2D eigenvalue weighted by Crippen LogP contribution is 2.48. The summed E-state index contributed by atoms with van der Waals surface area (Å²) in [5.41, 5.74) is 0.410. The fraction of sp³-hybridized carbons (Fsp3) is 0.500. The first-order chi connectivity index (χ1) is 9.10. The molecule has 19 heavy (non-hydrogen) atoms. The second-order valence-electron chi connectivity index (χ2n) is 5.00. The van der Waals surface area contributed by atoms with E-state index in [1.54, 1.807) is 6.07 Å². The number of ether oxygens (including phenoxy) is 1. The quantitative estimate of drug-likeness (QED) is 0.789. The van der Waals surface area contributed by atoms with Crippen LogP contribution in [0.25, 0.3) is 0 Å². The number of rotatable bonds is 6. The van der Waals surface area contributed by atoms with Crippen LogP contribution in [0.1, 0.15) is 29.6 Å². The van der Waals surface area contributed by atoms with E-state index >= 15 is 0 Å². The van der Waals surface area contributed by atoms with Crippen LogP contribution in [0.15, 0.2) is 18.2 Å². The summed E-state index contributed by atoms with van der Waals surface area (Å²) in [6, 6.07) is 4.60.